The van der Waals surface area contributed by atoms with Gasteiger partial charge in [-0.1, -0.05) is 64.5 Å². The van der Waals surface area contributed by atoms with Crippen LogP contribution in [-0.2, 0) is 0 Å². The first-order valence-corrected chi connectivity index (χ1v) is 8.28. The predicted octanol–water partition coefficient (Wildman–Crippen LogP) is 5.47. The van der Waals surface area contributed by atoms with E-state index < -0.39 is 0 Å². The summed E-state index contributed by atoms with van der Waals surface area (Å²) < 4.78 is 0.854. The molecule has 118 valence electrons. The van der Waals surface area contributed by atoms with Crippen molar-refractivity contribution in [3.63, 3.8) is 0 Å². The average molecular weight is 379 g/mol. The van der Waals surface area contributed by atoms with Gasteiger partial charge in [0.2, 0.25) is 5.78 Å². The molecule has 0 saturated heterocycles. The number of para-hydroxylation sites is 2. The highest BCUT2D eigenvalue weighted by Gasteiger charge is 2.15. The Balaban J connectivity index is 1.98. The van der Waals surface area contributed by atoms with Gasteiger partial charge in [-0.2, -0.15) is 0 Å². The Morgan fingerprint density at radius 2 is 1.50 bits per heavy atom. The van der Waals surface area contributed by atoms with Crippen molar-refractivity contribution < 1.29 is 4.79 Å². The molecule has 0 aliphatic carbocycles. The van der Waals surface area contributed by atoms with Crippen molar-refractivity contribution in [1.29, 1.82) is 0 Å². The zero-order valence-electron chi connectivity index (χ0n) is 12.8. The topological polar surface area (TPSA) is 41.5 Å². The second-order valence-corrected chi connectivity index (χ2v) is 6.04. The van der Waals surface area contributed by atoms with E-state index in [1.165, 1.54) is 0 Å². The standard InChI is InChI=1S/C20H15BrN2O/c21-16-9-7-8-15(14-16)19(24)20(22-17-10-3-1-4-11-17)23-18-12-5-2-6-13-18/h1-14H,(H,22,23). The molecule has 4 heteroatoms. The van der Waals surface area contributed by atoms with Gasteiger partial charge in [-0.3, -0.25) is 4.79 Å². The largest absolute Gasteiger partial charge is 0.337 e. The molecule has 3 aromatic carbocycles. The lowest BCUT2D eigenvalue weighted by molar-refractivity contribution is 0.106. The van der Waals surface area contributed by atoms with E-state index in [9.17, 15) is 4.79 Å². The summed E-state index contributed by atoms with van der Waals surface area (Å²) >= 11 is 3.40. The Morgan fingerprint density at radius 1 is 0.833 bits per heavy atom. The number of nitrogens with zero attached hydrogens (tertiary/aromatic N) is 1. The molecule has 0 fully saturated rings. The van der Waals surface area contributed by atoms with Gasteiger partial charge in [-0.05, 0) is 36.4 Å². The van der Waals surface area contributed by atoms with Crippen LogP contribution < -0.4 is 5.32 Å². The third kappa shape index (κ3) is 4.18. The van der Waals surface area contributed by atoms with Gasteiger partial charge in [-0.25, -0.2) is 4.99 Å². The van der Waals surface area contributed by atoms with Crippen molar-refractivity contribution in [2.75, 3.05) is 5.32 Å². The third-order valence-electron chi connectivity index (χ3n) is 3.34. The van der Waals surface area contributed by atoms with E-state index in [4.69, 9.17) is 0 Å². The molecular formula is C20H15BrN2O. The van der Waals surface area contributed by atoms with Crippen LogP contribution in [0.5, 0.6) is 0 Å². The molecule has 3 aromatic rings. The number of Topliss-reactive ketones (excluding diaryl/α,β-unsaturated/α-hetero) is 1. The maximum absolute atomic E-state index is 12.9. The zero-order valence-corrected chi connectivity index (χ0v) is 14.4. The molecule has 0 heterocycles. The summed E-state index contributed by atoms with van der Waals surface area (Å²) in [5.74, 6) is 0.120. The molecule has 0 atom stereocenters. The fraction of sp³-hybridized carbons (Fsp3) is 0. The minimum absolute atomic E-state index is 0.163. The number of anilines is 1. The number of hydrogen-bond donors (Lipinski definition) is 1. The van der Waals surface area contributed by atoms with Crippen molar-refractivity contribution in [3.8, 4) is 0 Å². The number of nitrogens with one attached hydrogen (secondary N) is 1. The van der Waals surface area contributed by atoms with Gasteiger partial charge in [-0.15, -0.1) is 0 Å². The summed E-state index contributed by atoms with van der Waals surface area (Å²) in [6.07, 6.45) is 0. The van der Waals surface area contributed by atoms with Gasteiger partial charge < -0.3 is 5.32 Å². The van der Waals surface area contributed by atoms with Gasteiger partial charge >= 0.3 is 0 Å². The quantitative estimate of drug-likeness (QED) is 0.371. The van der Waals surface area contributed by atoms with E-state index in [-0.39, 0.29) is 11.6 Å². The fourth-order valence-electron chi connectivity index (χ4n) is 2.19. The minimum atomic E-state index is -0.163. The second kappa shape index (κ2) is 7.70. The van der Waals surface area contributed by atoms with Crippen LogP contribution in [0.3, 0.4) is 0 Å². The first-order valence-electron chi connectivity index (χ1n) is 7.48. The maximum Gasteiger partial charge on any atom is 0.228 e. The average Bonchev–Trinajstić information content (AvgIpc) is 2.62. The Labute approximate surface area is 149 Å². The number of amidine groups is 1. The Kier molecular flexibility index (Phi) is 5.18. The highest BCUT2D eigenvalue weighted by Crippen LogP contribution is 2.17. The van der Waals surface area contributed by atoms with Crippen molar-refractivity contribution in [2.45, 2.75) is 0 Å². The highest BCUT2D eigenvalue weighted by atomic mass is 79.9. The molecule has 0 aromatic heterocycles. The number of hydrogen-bond acceptors (Lipinski definition) is 2. The van der Waals surface area contributed by atoms with Crippen LogP contribution in [0.15, 0.2) is 94.4 Å². The third-order valence-corrected chi connectivity index (χ3v) is 3.83. The highest BCUT2D eigenvalue weighted by molar-refractivity contribution is 9.10. The number of carbonyl (C=O) groups is 1. The van der Waals surface area contributed by atoms with Gasteiger partial charge in [0.15, 0.2) is 5.84 Å². The number of carbonyl (C=O) groups excluding carboxylic acids is 1. The fourth-order valence-corrected chi connectivity index (χ4v) is 2.59. The molecule has 0 bridgehead atoms. The molecule has 3 rings (SSSR count). The smallest absolute Gasteiger partial charge is 0.228 e. The zero-order chi connectivity index (χ0) is 16.8. The summed E-state index contributed by atoms with van der Waals surface area (Å²) in [6.45, 7) is 0. The summed E-state index contributed by atoms with van der Waals surface area (Å²) in [4.78, 5) is 17.4. The molecule has 1 N–H and O–H groups in total. The molecule has 0 aliphatic rings. The number of ketones is 1. The second-order valence-electron chi connectivity index (χ2n) is 5.13. The van der Waals surface area contributed by atoms with Crippen molar-refractivity contribution in [1.82, 2.24) is 0 Å². The van der Waals surface area contributed by atoms with Crippen LogP contribution in [0, 0.1) is 0 Å². The molecular weight excluding hydrogens is 364 g/mol. The van der Waals surface area contributed by atoms with Crippen molar-refractivity contribution in [2.24, 2.45) is 4.99 Å². The SMILES string of the molecule is O=C(C(=Nc1ccccc1)Nc1ccccc1)c1cccc(Br)c1. The first-order chi connectivity index (χ1) is 11.7. The van der Waals surface area contributed by atoms with Crippen molar-refractivity contribution >= 4 is 38.9 Å². The molecule has 24 heavy (non-hydrogen) atoms. The van der Waals surface area contributed by atoms with Crippen LogP contribution in [-0.4, -0.2) is 11.6 Å². The lowest BCUT2D eigenvalue weighted by Crippen LogP contribution is -2.23. The Bertz CT molecular complexity index is 861. The summed E-state index contributed by atoms with van der Waals surface area (Å²) in [5, 5.41) is 3.13. The number of benzene rings is 3. The van der Waals surface area contributed by atoms with Crippen LogP contribution in [0.4, 0.5) is 11.4 Å². The van der Waals surface area contributed by atoms with E-state index in [1.807, 2.05) is 72.8 Å². The first kappa shape index (κ1) is 16.1. The van der Waals surface area contributed by atoms with E-state index in [1.54, 1.807) is 12.1 Å². The van der Waals surface area contributed by atoms with Crippen LogP contribution in [0.2, 0.25) is 0 Å². The number of halogens is 1. The van der Waals surface area contributed by atoms with Gasteiger partial charge in [0.25, 0.3) is 0 Å². The summed E-state index contributed by atoms with van der Waals surface area (Å²) in [6, 6.07) is 26.2. The van der Waals surface area contributed by atoms with Crippen LogP contribution >= 0.6 is 15.9 Å². The van der Waals surface area contributed by atoms with Crippen LogP contribution in [0.25, 0.3) is 0 Å². The monoisotopic (exact) mass is 378 g/mol. The molecule has 0 radical (unpaired) electrons. The predicted molar refractivity (Wildman–Crippen MR) is 102 cm³/mol. The molecule has 3 nitrogen and oxygen atoms in total. The van der Waals surface area contributed by atoms with Gasteiger partial charge in [0, 0.05) is 15.7 Å². The lowest BCUT2D eigenvalue weighted by atomic mass is 10.1. The van der Waals surface area contributed by atoms with E-state index in [2.05, 4.69) is 26.2 Å². The maximum atomic E-state index is 12.9. The molecule has 0 aliphatic heterocycles. The van der Waals surface area contributed by atoms with Crippen molar-refractivity contribution in [3.05, 3.63) is 95.0 Å². The van der Waals surface area contributed by atoms with E-state index >= 15 is 0 Å². The normalized spacial score (nSPS) is 11.1. The molecule has 0 saturated carbocycles. The number of aliphatic imine (C=N–C) groups is 1. The Hall–Kier alpha value is -2.72. The van der Waals surface area contributed by atoms with Gasteiger partial charge in [0.05, 0.1) is 5.69 Å². The number of rotatable bonds is 4. The van der Waals surface area contributed by atoms with Gasteiger partial charge in [0.1, 0.15) is 0 Å². The van der Waals surface area contributed by atoms with E-state index in [0.29, 0.717) is 5.56 Å². The molecule has 0 spiro atoms. The molecule has 0 unspecified atom stereocenters. The van der Waals surface area contributed by atoms with E-state index in [0.717, 1.165) is 15.8 Å². The Morgan fingerprint density at radius 3 is 2.17 bits per heavy atom. The summed E-state index contributed by atoms with van der Waals surface area (Å²) in [5.41, 5.74) is 2.11. The van der Waals surface area contributed by atoms with Crippen LogP contribution in [0.1, 0.15) is 10.4 Å². The lowest BCUT2D eigenvalue weighted by Gasteiger charge is -2.10. The minimum Gasteiger partial charge on any atom is -0.337 e. The summed E-state index contributed by atoms with van der Waals surface area (Å²) in [7, 11) is 0. The molecule has 0 amide bonds.